The summed E-state index contributed by atoms with van der Waals surface area (Å²) in [6.07, 6.45) is 4.43. The van der Waals surface area contributed by atoms with Crippen molar-refractivity contribution in [1.29, 1.82) is 5.26 Å². The van der Waals surface area contributed by atoms with Gasteiger partial charge in [-0.25, -0.2) is 9.97 Å². The Labute approximate surface area is 142 Å². The molecule has 9 heteroatoms. The van der Waals surface area contributed by atoms with E-state index >= 15 is 0 Å². The van der Waals surface area contributed by atoms with E-state index < -0.39 is 5.91 Å². The molecular weight excluding hydrogens is 364 g/mol. The summed E-state index contributed by atoms with van der Waals surface area (Å²) >= 11 is 3.23. The molecule has 0 radical (unpaired) electrons. The minimum Gasteiger partial charge on any atom is -0.379 e. The number of amides is 1. The zero-order valence-electron chi connectivity index (χ0n) is 12.5. The number of aromatic nitrogens is 2. The summed E-state index contributed by atoms with van der Waals surface area (Å²) in [7, 11) is 0. The monoisotopic (exact) mass is 380 g/mol. The van der Waals surface area contributed by atoms with Crippen LogP contribution in [0.5, 0.6) is 0 Å². The minimum atomic E-state index is -0.426. The fourth-order valence-corrected chi connectivity index (χ4v) is 2.12. The number of hydrogen-bond acceptors (Lipinski definition) is 7. The SMILES string of the molecule is N#C/C(=C/Nc1ncc(Br)cn1)C(=O)NCCN1CCOCC1. The molecule has 23 heavy (non-hydrogen) atoms. The maximum absolute atomic E-state index is 12.0. The molecule has 1 aliphatic heterocycles. The van der Waals surface area contributed by atoms with E-state index in [-0.39, 0.29) is 5.57 Å². The number of nitriles is 1. The van der Waals surface area contributed by atoms with Gasteiger partial charge < -0.3 is 15.4 Å². The van der Waals surface area contributed by atoms with Gasteiger partial charge in [0.2, 0.25) is 5.95 Å². The van der Waals surface area contributed by atoms with Crippen molar-refractivity contribution in [3.63, 3.8) is 0 Å². The highest BCUT2D eigenvalue weighted by molar-refractivity contribution is 9.10. The van der Waals surface area contributed by atoms with Crippen LogP contribution >= 0.6 is 15.9 Å². The Morgan fingerprint density at radius 1 is 1.43 bits per heavy atom. The van der Waals surface area contributed by atoms with Crippen LogP contribution in [-0.2, 0) is 9.53 Å². The molecule has 1 aromatic rings. The van der Waals surface area contributed by atoms with Crippen LogP contribution in [0, 0.1) is 11.3 Å². The highest BCUT2D eigenvalue weighted by Gasteiger charge is 2.12. The van der Waals surface area contributed by atoms with Gasteiger partial charge in [0.15, 0.2) is 0 Å². The molecule has 0 aliphatic carbocycles. The first kappa shape index (κ1) is 17.3. The Balaban J connectivity index is 1.79. The molecule has 1 saturated heterocycles. The summed E-state index contributed by atoms with van der Waals surface area (Å²) in [5, 5.41) is 14.5. The molecule has 1 aromatic heterocycles. The van der Waals surface area contributed by atoms with Gasteiger partial charge in [-0.05, 0) is 15.9 Å². The molecule has 1 amide bonds. The van der Waals surface area contributed by atoms with Crippen molar-refractivity contribution < 1.29 is 9.53 Å². The molecule has 0 atom stereocenters. The average molecular weight is 381 g/mol. The molecule has 2 heterocycles. The lowest BCUT2D eigenvalue weighted by Gasteiger charge is -2.26. The number of ether oxygens (including phenoxy) is 1. The van der Waals surface area contributed by atoms with E-state index in [1.54, 1.807) is 12.4 Å². The van der Waals surface area contributed by atoms with E-state index in [2.05, 4.69) is 41.4 Å². The van der Waals surface area contributed by atoms with Crippen molar-refractivity contribution in [3.05, 3.63) is 28.6 Å². The maximum Gasteiger partial charge on any atom is 0.263 e. The number of morpholine rings is 1. The maximum atomic E-state index is 12.0. The van der Waals surface area contributed by atoms with Gasteiger partial charge >= 0.3 is 0 Å². The van der Waals surface area contributed by atoms with Gasteiger partial charge in [-0.1, -0.05) is 0 Å². The van der Waals surface area contributed by atoms with E-state index in [1.165, 1.54) is 6.20 Å². The van der Waals surface area contributed by atoms with Crippen LogP contribution in [0.1, 0.15) is 0 Å². The smallest absolute Gasteiger partial charge is 0.263 e. The van der Waals surface area contributed by atoms with Crippen LogP contribution in [0.15, 0.2) is 28.6 Å². The third-order valence-corrected chi connectivity index (χ3v) is 3.56. The molecule has 0 bridgehead atoms. The fraction of sp³-hybridized carbons (Fsp3) is 0.429. The fourth-order valence-electron chi connectivity index (χ4n) is 1.92. The van der Waals surface area contributed by atoms with Crippen molar-refractivity contribution >= 4 is 27.8 Å². The molecule has 0 saturated carbocycles. The number of nitrogens with one attached hydrogen (secondary N) is 2. The van der Waals surface area contributed by atoms with E-state index in [4.69, 9.17) is 10.00 Å². The lowest BCUT2D eigenvalue weighted by atomic mass is 10.3. The Kier molecular flexibility index (Phi) is 6.93. The number of rotatable bonds is 6. The predicted molar refractivity (Wildman–Crippen MR) is 87.3 cm³/mol. The first-order valence-corrected chi connectivity index (χ1v) is 7.91. The van der Waals surface area contributed by atoms with Crippen LogP contribution in [0.25, 0.3) is 0 Å². The minimum absolute atomic E-state index is 0.0292. The summed E-state index contributed by atoms with van der Waals surface area (Å²) in [6, 6.07) is 1.86. The van der Waals surface area contributed by atoms with Crippen LogP contribution in [-0.4, -0.2) is 60.2 Å². The van der Waals surface area contributed by atoms with Gasteiger partial charge in [-0.2, -0.15) is 5.26 Å². The summed E-state index contributed by atoms with van der Waals surface area (Å²) in [5.41, 5.74) is -0.0292. The van der Waals surface area contributed by atoms with E-state index in [1.807, 2.05) is 6.07 Å². The van der Waals surface area contributed by atoms with Gasteiger partial charge in [-0.15, -0.1) is 0 Å². The summed E-state index contributed by atoms with van der Waals surface area (Å²) in [4.78, 5) is 22.1. The Hall–Kier alpha value is -2.02. The summed E-state index contributed by atoms with van der Waals surface area (Å²) in [6.45, 7) is 4.37. The lowest BCUT2D eigenvalue weighted by Crippen LogP contribution is -2.41. The molecule has 0 aromatic carbocycles. The van der Waals surface area contributed by atoms with Crippen molar-refractivity contribution in [2.24, 2.45) is 0 Å². The van der Waals surface area contributed by atoms with E-state index in [0.29, 0.717) is 25.7 Å². The Morgan fingerprint density at radius 2 is 2.13 bits per heavy atom. The third kappa shape index (κ3) is 5.94. The number of nitrogens with zero attached hydrogens (tertiary/aromatic N) is 4. The molecule has 2 N–H and O–H groups in total. The third-order valence-electron chi connectivity index (χ3n) is 3.15. The molecule has 2 rings (SSSR count). The van der Waals surface area contributed by atoms with Crippen LogP contribution in [0.3, 0.4) is 0 Å². The second kappa shape index (κ2) is 9.19. The molecule has 1 fully saturated rings. The highest BCUT2D eigenvalue weighted by atomic mass is 79.9. The molecule has 1 aliphatic rings. The predicted octanol–water partition coefficient (Wildman–Crippen LogP) is 0.507. The van der Waals surface area contributed by atoms with Crippen molar-refractivity contribution in [1.82, 2.24) is 20.2 Å². The summed E-state index contributed by atoms with van der Waals surface area (Å²) < 4.78 is 6.00. The van der Waals surface area contributed by atoms with E-state index in [0.717, 1.165) is 24.1 Å². The number of carbonyl (C=O) groups excluding carboxylic acids is 1. The van der Waals surface area contributed by atoms with Gasteiger partial charge in [0.05, 0.1) is 17.7 Å². The molecule has 122 valence electrons. The van der Waals surface area contributed by atoms with Gasteiger partial charge in [0.25, 0.3) is 5.91 Å². The van der Waals surface area contributed by atoms with Gasteiger partial charge in [0, 0.05) is 44.8 Å². The van der Waals surface area contributed by atoms with Crippen LogP contribution < -0.4 is 10.6 Å². The van der Waals surface area contributed by atoms with Gasteiger partial charge in [-0.3, -0.25) is 9.69 Å². The molecule has 0 spiro atoms. The van der Waals surface area contributed by atoms with Crippen LogP contribution in [0.2, 0.25) is 0 Å². The van der Waals surface area contributed by atoms with E-state index in [9.17, 15) is 4.79 Å². The zero-order chi connectivity index (χ0) is 16.5. The zero-order valence-corrected chi connectivity index (χ0v) is 14.0. The largest absolute Gasteiger partial charge is 0.379 e. The van der Waals surface area contributed by atoms with Crippen molar-refractivity contribution in [2.45, 2.75) is 0 Å². The first-order valence-electron chi connectivity index (χ1n) is 7.11. The average Bonchev–Trinajstić information content (AvgIpc) is 2.58. The van der Waals surface area contributed by atoms with Crippen LogP contribution in [0.4, 0.5) is 5.95 Å². The highest BCUT2D eigenvalue weighted by Crippen LogP contribution is 2.07. The lowest BCUT2D eigenvalue weighted by molar-refractivity contribution is -0.117. The van der Waals surface area contributed by atoms with Gasteiger partial charge in [0.1, 0.15) is 11.6 Å². The molecule has 0 unspecified atom stereocenters. The Bertz CT molecular complexity index is 592. The number of carbonyl (C=O) groups is 1. The molecular formula is C14H17BrN6O2. The Morgan fingerprint density at radius 3 is 2.78 bits per heavy atom. The van der Waals surface area contributed by atoms with Crippen molar-refractivity contribution in [2.75, 3.05) is 44.7 Å². The molecule has 8 nitrogen and oxygen atoms in total. The standard InChI is InChI=1S/C14H17BrN6O2/c15-12-9-19-14(20-10-12)18-8-11(7-16)13(22)17-1-2-21-3-5-23-6-4-21/h8-10H,1-6H2,(H,17,22)(H,18,19,20)/b11-8-. The second-order valence-corrected chi connectivity index (χ2v) is 5.66. The quantitative estimate of drug-likeness (QED) is 0.547. The van der Waals surface area contributed by atoms with Crippen molar-refractivity contribution in [3.8, 4) is 6.07 Å². The normalized spacial score (nSPS) is 15.7. The number of anilines is 1. The second-order valence-electron chi connectivity index (χ2n) is 4.75. The summed E-state index contributed by atoms with van der Waals surface area (Å²) in [5.74, 6) is -0.118. The first-order chi connectivity index (χ1) is 11.2. The number of halogens is 1. The topological polar surface area (TPSA) is 103 Å². The number of hydrogen-bond donors (Lipinski definition) is 2.